The molecule has 0 rings (SSSR count). The van der Waals surface area contributed by atoms with Crippen LogP contribution in [0.4, 0.5) is 0 Å². The Bertz CT molecular complexity index is 327. The zero-order chi connectivity index (χ0) is 16.1. The predicted octanol–water partition coefficient (Wildman–Crippen LogP) is 4.32. The summed E-state index contributed by atoms with van der Waals surface area (Å²) in [6.45, 7) is 4.09. The lowest BCUT2D eigenvalue weighted by Crippen LogP contribution is -2.20. The summed E-state index contributed by atoms with van der Waals surface area (Å²) in [4.78, 5) is 0. The Labute approximate surface area is 131 Å². The van der Waals surface area contributed by atoms with Gasteiger partial charge in [0.15, 0.2) is 0 Å². The SMILES string of the molecule is CCCCCCC(CCCCCCC(O)CC)S(=O)(=O)O. The Morgan fingerprint density at radius 3 is 1.71 bits per heavy atom. The highest BCUT2D eigenvalue weighted by Gasteiger charge is 2.21. The predicted molar refractivity (Wildman–Crippen MR) is 88.1 cm³/mol. The molecule has 0 saturated carbocycles. The molecule has 0 aromatic rings. The normalized spacial score (nSPS) is 15.0. The first-order valence-corrected chi connectivity index (χ1v) is 10.1. The average molecular weight is 323 g/mol. The minimum absolute atomic E-state index is 0.200. The van der Waals surface area contributed by atoms with Crippen LogP contribution in [0.2, 0.25) is 0 Å². The number of unbranched alkanes of at least 4 members (excludes halogenated alkanes) is 6. The maximum atomic E-state index is 11.4. The summed E-state index contributed by atoms with van der Waals surface area (Å²) in [5.74, 6) is 0. The average Bonchev–Trinajstić information content (AvgIpc) is 2.43. The molecule has 0 amide bonds. The Balaban J connectivity index is 3.82. The third kappa shape index (κ3) is 12.1. The summed E-state index contributed by atoms with van der Waals surface area (Å²) in [5.41, 5.74) is 0. The Morgan fingerprint density at radius 1 is 0.810 bits per heavy atom. The van der Waals surface area contributed by atoms with Gasteiger partial charge in [-0.2, -0.15) is 8.42 Å². The molecule has 2 N–H and O–H groups in total. The van der Waals surface area contributed by atoms with E-state index in [9.17, 15) is 18.1 Å². The van der Waals surface area contributed by atoms with Gasteiger partial charge in [-0.15, -0.1) is 0 Å². The lowest BCUT2D eigenvalue weighted by atomic mass is 10.0. The van der Waals surface area contributed by atoms with Crippen molar-refractivity contribution in [3.05, 3.63) is 0 Å². The fraction of sp³-hybridized carbons (Fsp3) is 1.00. The number of aliphatic hydroxyl groups excluding tert-OH is 1. The van der Waals surface area contributed by atoms with Crippen LogP contribution < -0.4 is 0 Å². The van der Waals surface area contributed by atoms with Gasteiger partial charge in [0.2, 0.25) is 0 Å². The zero-order valence-corrected chi connectivity index (χ0v) is 14.6. The van der Waals surface area contributed by atoms with E-state index in [-0.39, 0.29) is 6.10 Å². The molecule has 0 saturated heterocycles. The second-order valence-corrected chi connectivity index (χ2v) is 7.74. The molecule has 2 unspecified atom stereocenters. The van der Waals surface area contributed by atoms with Crippen molar-refractivity contribution in [2.24, 2.45) is 0 Å². The van der Waals surface area contributed by atoms with Crippen LogP contribution in [-0.4, -0.2) is 29.4 Å². The molecule has 0 aliphatic heterocycles. The first-order valence-electron chi connectivity index (χ1n) is 8.56. The van der Waals surface area contributed by atoms with Crippen LogP contribution >= 0.6 is 0 Å². The fourth-order valence-corrected chi connectivity index (χ4v) is 3.48. The largest absolute Gasteiger partial charge is 0.393 e. The molecular formula is C16H34O4S. The molecule has 21 heavy (non-hydrogen) atoms. The van der Waals surface area contributed by atoms with Crippen molar-refractivity contribution in [1.29, 1.82) is 0 Å². The van der Waals surface area contributed by atoms with Gasteiger partial charge >= 0.3 is 0 Å². The van der Waals surface area contributed by atoms with Crippen molar-refractivity contribution in [3.63, 3.8) is 0 Å². The van der Waals surface area contributed by atoms with E-state index in [1.165, 1.54) is 0 Å². The zero-order valence-electron chi connectivity index (χ0n) is 13.8. The minimum atomic E-state index is -3.90. The summed E-state index contributed by atoms with van der Waals surface area (Å²) in [5, 5.41) is 8.85. The quantitative estimate of drug-likeness (QED) is 0.369. The molecule has 0 aromatic carbocycles. The molecular weight excluding hydrogens is 288 g/mol. The van der Waals surface area contributed by atoms with Gasteiger partial charge < -0.3 is 5.11 Å². The fourth-order valence-electron chi connectivity index (χ4n) is 2.55. The summed E-state index contributed by atoms with van der Waals surface area (Å²) in [6, 6.07) is 0. The van der Waals surface area contributed by atoms with E-state index in [2.05, 4.69) is 6.92 Å². The summed E-state index contributed by atoms with van der Waals surface area (Å²) >= 11 is 0. The first-order chi connectivity index (χ1) is 9.91. The van der Waals surface area contributed by atoms with Crippen molar-refractivity contribution in [2.75, 3.05) is 0 Å². The topological polar surface area (TPSA) is 74.6 Å². The molecule has 5 heteroatoms. The molecule has 0 aromatic heterocycles. The van der Waals surface area contributed by atoms with Crippen LogP contribution in [0.1, 0.15) is 90.9 Å². The van der Waals surface area contributed by atoms with E-state index in [0.717, 1.165) is 64.2 Å². The van der Waals surface area contributed by atoms with Gasteiger partial charge in [-0.25, -0.2) is 0 Å². The number of hydrogen-bond donors (Lipinski definition) is 2. The molecule has 0 aliphatic rings. The van der Waals surface area contributed by atoms with E-state index in [0.29, 0.717) is 12.8 Å². The first kappa shape index (κ1) is 20.9. The van der Waals surface area contributed by atoms with Crippen molar-refractivity contribution in [1.82, 2.24) is 0 Å². The van der Waals surface area contributed by atoms with Gasteiger partial charge in [0, 0.05) is 0 Å². The molecule has 4 nitrogen and oxygen atoms in total. The highest BCUT2D eigenvalue weighted by atomic mass is 32.2. The van der Waals surface area contributed by atoms with Crippen molar-refractivity contribution in [3.8, 4) is 0 Å². The number of rotatable bonds is 14. The van der Waals surface area contributed by atoms with Gasteiger partial charge in [0.05, 0.1) is 11.4 Å². The Hall–Kier alpha value is -0.130. The van der Waals surface area contributed by atoms with Crippen LogP contribution in [0.3, 0.4) is 0 Å². The standard InChI is InChI=1S/C16H34O4S/c1-3-5-6-10-13-16(21(18,19)20)14-11-8-7-9-12-15(17)4-2/h15-17H,3-14H2,1-2H3,(H,18,19,20). The van der Waals surface area contributed by atoms with Crippen molar-refractivity contribution in [2.45, 2.75) is 102 Å². The smallest absolute Gasteiger partial charge is 0.267 e. The van der Waals surface area contributed by atoms with Gasteiger partial charge in [-0.3, -0.25) is 4.55 Å². The molecule has 2 atom stereocenters. The molecule has 0 spiro atoms. The monoisotopic (exact) mass is 322 g/mol. The second kappa shape index (κ2) is 12.4. The highest BCUT2D eigenvalue weighted by molar-refractivity contribution is 7.86. The summed E-state index contributed by atoms with van der Waals surface area (Å²) < 4.78 is 32.0. The number of aliphatic hydroxyl groups is 1. The summed E-state index contributed by atoms with van der Waals surface area (Å²) in [6.07, 6.45) is 10.5. The van der Waals surface area contributed by atoms with E-state index in [1.807, 2.05) is 6.92 Å². The van der Waals surface area contributed by atoms with E-state index >= 15 is 0 Å². The second-order valence-electron chi connectivity index (χ2n) is 6.04. The van der Waals surface area contributed by atoms with Crippen LogP contribution in [0, 0.1) is 0 Å². The highest BCUT2D eigenvalue weighted by Crippen LogP contribution is 2.18. The molecule has 128 valence electrons. The minimum Gasteiger partial charge on any atom is -0.393 e. The van der Waals surface area contributed by atoms with E-state index < -0.39 is 15.4 Å². The molecule has 0 fully saturated rings. The summed E-state index contributed by atoms with van der Waals surface area (Å²) in [7, 11) is -3.90. The maximum absolute atomic E-state index is 11.4. The van der Waals surface area contributed by atoms with Crippen LogP contribution in [0.15, 0.2) is 0 Å². The Kier molecular flexibility index (Phi) is 12.3. The van der Waals surface area contributed by atoms with Crippen LogP contribution in [0.5, 0.6) is 0 Å². The van der Waals surface area contributed by atoms with E-state index in [4.69, 9.17) is 0 Å². The third-order valence-electron chi connectivity index (χ3n) is 4.09. The molecule has 0 radical (unpaired) electrons. The third-order valence-corrected chi connectivity index (χ3v) is 5.40. The van der Waals surface area contributed by atoms with E-state index in [1.54, 1.807) is 0 Å². The lowest BCUT2D eigenvalue weighted by Gasteiger charge is -2.13. The van der Waals surface area contributed by atoms with Gasteiger partial charge in [-0.1, -0.05) is 65.2 Å². The number of hydrogen-bond acceptors (Lipinski definition) is 3. The van der Waals surface area contributed by atoms with Gasteiger partial charge in [-0.05, 0) is 25.7 Å². The molecule has 0 aliphatic carbocycles. The van der Waals surface area contributed by atoms with Gasteiger partial charge in [0.1, 0.15) is 0 Å². The van der Waals surface area contributed by atoms with Crippen molar-refractivity contribution < 1.29 is 18.1 Å². The lowest BCUT2D eigenvalue weighted by molar-refractivity contribution is 0.156. The van der Waals surface area contributed by atoms with Gasteiger partial charge in [0.25, 0.3) is 10.1 Å². The van der Waals surface area contributed by atoms with Crippen LogP contribution in [0.25, 0.3) is 0 Å². The Morgan fingerprint density at radius 2 is 1.29 bits per heavy atom. The van der Waals surface area contributed by atoms with Crippen molar-refractivity contribution >= 4 is 10.1 Å². The van der Waals surface area contributed by atoms with Crippen LogP contribution in [-0.2, 0) is 10.1 Å². The molecule has 0 bridgehead atoms. The maximum Gasteiger partial charge on any atom is 0.267 e. The molecule has 0 heterocycles.